The maximum atomic E-state index is 13.9. The molecule has 8 nitrogen and oxygen atoms in total. The monoisotopic (exact) mass is 501 g/mol. The van der Waals surface area contributed by atoms with E-state index in [1.807, 2.05) is 0 Å². The Hall–Kier alpha value is -2.54. The molecule has 3 rings (SSSR count). The molecule has 1 aliphatic rings. The zero-order chi connectivity index (χ0) is 25.4. The molecule has 0 spiro atoms. The van der Waals surface area contributed by atoms with Crippen molar-refractivity contribution in [1.29, 1.82) is 0 Å². The summed E-state index contributed by atoms with van der Waals surface area (Å²) in [6.07, 6.45) is -5.06. The van der Waals surface area contributed by atoms with Crippen LogP contribution in [0.15, 0.2) is 47.0 Å². The van der Waals surface area contributed by atoms with Crippen LogP contribution in [0.3, 0.4) is 0 Å². The fraction of sp³-hybridized carbons (Fsp3) is 0.455. The molecule has 12 heteroatoms. The number of aliphatic hydroxyl groups is 2. The molecule has 0 saturated heterocycles. The highest BCUT2D eigenvalue weighted by molar-refractivity contribution is 7.93. The first-order valence-corrected chi connectivity index (χ1v) is 12.3. The van der Waals surface area contributed by atoms with Gasteiger partial charge >= 0.3 is 6.18 Å². The number of halogens is 3. The van der Waals surface area contributed by atoms with E-state index in [1.165, 1.54) is 6.07 Å². The molecule has 1 aromatic heterocycles. The van der Waals surface area contributed by atoms with Crippen molar-refractivity contribution in [1.82, 2.24) is 4.98 Å². The van der Waals surface area contributed by atoms with Crippen molar-refractivity contribution >= 4 is 15.6 Å². The summed E-state index contributed by atoms with van der Waals surface area (Å²) in [6.45, 7) is 3.19. The Morgan fingerprint density at radius 1 is 1.18 bits per heavy atom. The van der Waals surface area contributed by atoms with E-state index in [9.17, 15) is 32.4 Å². The van der Waals surface area contributed by atoms with Crippen LogP contribution in [0.2, 0.25) is 0 Å². The summed E-state index contributed by atoms with van der Waals surface area (Å²) in [5, 5.41) is 20.7. The van der Waals surface area contributed by atoms with Gasteiger partial charge in [0.05, 0.1) is 33.3 Å². The number of nitrogens with two attached hydrogens (primary N) is 1. The molecule has 4 N–H and O–H groups in total. The minimum Gasteiger partial charge on any atom is -0.456 e. The van der Waals surface area contributed by atoms with Crippen molar-refractivity contribution in [2.24, 2.45) is 10.1 Å². The van der Waals surface area contributed by atoms with Crippen molar-refractivity contribution in [3.05, 3.63) is 53.9 Å². The number of carbonyl (C=O) groups is 1. The van der Waals surface area contributed by atoms with E-state index in [0.717, 1.165) is 12.3 Å². The lowest BCUT2D eigenvalue weighted by atomic mass is 9.95. The Kier molecular flexibility index (Phi) is 7.09. The third-order valence-electron chi connectivity index (χ3n) is 5.51. The summed E-state index contributed by atoms with van der Waals surface area (Å²) in [5.41, 5.74) is 0.844. The van der Waals surface area contributed by atoms with Crippen LogP contribution in [0, 0.1) is 0 Å². The van der Waals surface area contributed by atoms with Gasteiger partial charge in [0.25, 0.3) is 5.91 Å². The second-order valence-corrected chi connectivity index (χ2v) is 11.2. The molecule has 0 radical (unpaired) electrons. The Bertz CT molecular complexity index is 1170. The standard InChI is InChI=1S/C22H26F3N3O5S/c1-20(2,30)14-4-3-5-15(12-14)33-16-6-7-18(27-13-16)21(31,22(23,24)25)9-11-34(32)10-8-17(26)19(29)28-34/h3-7,12-13,17,30-31H,8-11,26H2,1-2H3/t17-,21?,34?/m0/s1. The first kappa shape index (κ1) is 26.1. The highest BCUT2D eigenvalue weighted by Crippen LogP contribution is 2.42. The summed E-state index contributed by atoms with van der Waals surface area (Å²) >= 11 is 0. The molecular weight excluding hydrogens is 475 g/mol. The molecular formula is C22H26F3N3O5S. The molecule has 1 aromatic carbocycles. The van der Waals surface area contributed by atoms with Crippen LogP contribution in [-0.2, 0) is 25.7 Å². The van der Waals surface area contributed by atoms with Crippen LogP contribution in [0.1, 0.15) is 37.9 Å². The number of pyridine rings is 1. The summed E-state index contributed by atoms with van der Waals surface area (Å²) in [5.74, 6) is -1.16. The molecule has 2 unspecified atom stereocenters. The van der Waals surface area contributed by atoms with Crippen LogP contribution < -0.4 is 10.5 Å². The molecule has 0 fully saturated rings. The van der Waals surface area contributed by atoms with E-state index in [-0.39, 0.29) is 17.9 Å². The number of alkyl halides is 3. The number of benzene rings is 1. The fourth-order valence-corrected chi connectivity index (χ4v) is 5.43. The van der Waals surface area contributed by atoms with Gasteiger partial charge in [-0.25, -0.2) is 4.21 Å². The second-order valence-electron chi connectivity index (χ2n) is 8.68. The quantitative estimate of drug-likeness (QED) is 0.531. The molecule has 34 heavy (non-hydrogen) atoms. The number of carbonyl (C=O) groups excluding carboxylic acids is 1. The average molecular weight is 502 g/mol. The SMILES string of the molecule is CC(C)(O)c1cccc(Oc2ccc(C(O)(CCS3(=O)=NC(=O)[C@@H](N)CC3)C(F)(F)F)nc2)c1. The smallest absolute Gasteiger partial charge is 0.423 e. The Morgan fingerprint density at radius 2 is 1.88 bits per heavy atom. The van der Waals surface area contributed by atoms with Crippen molar-refractivity contribution in [3.8, 4) is 11.5 Å². The third kappa shape index (κ3) is 5.74. The lowest BCUT2D eigenvalue weighted by Crippen LogP contribution is -2.45. The van der Waals surface area contributed by atoms with Crippen LogP contribution >= 0.6 is 0 Å². The Balaban J connectivity index is 1.82. The maximum absolute atomic E-state index is 13.9. The minimum atomic E-state index is -5.13. The van der Waals surface area contributed by atoms with Gasteiger partial charge in [0, 0.05) is 17.9 Å². The number of nitrogens with zero attached hydrogens (tertiary/aromatic N) is 2. The predicted octanol–water partition coefficient (Wildman–Crippen LogP) is 2.97. The van der Waals surface area contributed by atoms with Crippen molar-refractivity contribution in [2.75, 3.05) is 11.5 Å². The highest BCUT2D eigenvalue weighted by atomic mass is 32.2. The van der Waals surface area contributed by atoms with Gasteiger partial charge in [-0.15, -0.1) is 0 Å². The zero-order valence-corrected chi connectivity index (χ0v) is 19.4. The Morgan fingerprint density at radius 3 is 2.44 bits per heavy atom. The van der Waals surface area contributed by atoms with E-state index in [2.05, 4.69) is 9.35 Å². The topological polar surface area (TPSA) is 135 Å². The molecule has 0 saturated carbocycles. The first-order chi connectivity index (χ1) is 15.6. The van der Waals surface area contributed by atoms with E-state index in [4.69, 9.17) is 10.5 Å². The van der Waals surface area contributed by atoms with Crippen LogP contribution in [0.5, 0.6) is 11.5 Å². The summed E-state index contributed by atoms with van der Waals surface area (Å²) in [6, 6.07) is 7.79. The number of rotatable bonds is 7. The summed E-state index contributed by atoms with van der Waals surface area (Å²) in [4.78, 5) is 15.4. The first-order valence-electron chi connectivity index (χ1n) is 10.4. The number of amides is 1. The average Bonchev–Trinajstić information content (AvgIpc) is 2.74. The van der Waals surface area contributed by atoms with E-state index in [0.29, 0.717) is 11.3 Å². The van der Waals surface area contributed by atoms with Gasteiger partial charge in [0.1, 0.15) is 11.5 Å². The van der Waals surface area contributed by atoms with Gasteiger partial charge in [0.2, 0.25) is 5.60 Å². The summed E-state index contributed by atoms with van der Waals surface area (Å²) in [7, 11) is -3.28. The van der Waals surface area contributed by atoms with Gasteiger partial charge < -0.3 is 20.7 Å². The minimum absolute atomic E-state index is 0.0462. The van der Waals surface area contributed by atoms with Crippen molar-refractivity contribution < 1.29 is 37.1 Å². The van der Waals surface area contributed by atoms with Gasteiger partial charge in [-0.2, -0.15) is 17.5 Å². The van der Waals surface area contributed by atoms with Gasteiger partial charge in [0.15, 0.2) is 0 Å². The highest BCUT2D eigenvalue weighted by Gasteiger charge is 2.56. The van der Waals surface area contributed by atoms with E-state index >= 15 is 0 Å². The van der Waals surface area contributed by atoms with Crippen LogP contribution in [0.25, 0.3) is 0 Å². The Labute approximate surface area is 195 Å². The molecule has 2 heterocycles. The number of ether oxygens (including phenoxy) is 1. The molecule has 0 bridgehead atoms. The largest absolute Gasteiger partial charge is 0.456 e. The lowest BCUT2D eigenvalue weighted by Gasteiger charge is -2.31. The van der Waals surface area contributed by atoms with Gasteiger partial charge in [-0.3, -0.25) is 9.78 Å². The number of hydrogen-bond acceptors (Lipinski definition) is 7. The molecule has 2 aromatic rings. The normalized spacial score (nSPS) is 23.2. The van der Waals surface area contributed by atoms with Gasteiger partial charge in [-0.05, 0) is 50.1 Å². The predicted molar refractivity (Wildman–Crippen MR) is 118 cm³/mol. The molecule has 0 aliphatic carbocycles. The van der Waals surface area contributed by atoms with Crippen molar-refractivity contribution in [3.63, 3.8) is 0 Å². The fourth-order valence-electron chi connectivity index (χ4n) is 3.34. The van der Waals surface area contributed by atoms with Crippen molar-refractivity contribution in [2.45, 2.75) is 50.1 Å². The van der Waals surface area contributed by atoms with Crippen LogP contribution in [-0.4, -0.2) is 49.0 Å². The lowest BCUT2D eigenvalue weighted by molar-refractivity contribution is -0.268. The molecule has 186 valence electrons. The number of aromatic nitrogens is 1. The summed E-state index contributed by atoms with van der Waals surface area (Å²) < 4.78 is 63.4. The zero-order valence-electron chi connectivity index (χ0n) is 18.6. The third-order valence-corrected chi connectivity index (χ3v) is 7.74. The molecule has 1 amide bonds. The molecule has 3 atom stereocenters. The molecule has 1 aliphatic heterocycles. The maximum Gasteiger partial charge on any atom is 0.423 e. The van der Waals surface area contributed by atoms with E-state index in [1.54, 1.807) is 38.1 Å². The number of hydrogen-bond donors (Lipinski definition) is 3. The second kappa shape index (κ2) is 9.25. The van der Waals surface area contributed by atoms with Gasteiger partial charge in [-0.1, -0.05) is 12.1 Å². The van der Waals surface area contributed by atoms with Crippen LogP contribution in [0.4, 0.5) is 13.2 Å². The van der Waals surface area contributed by atoms with E-state index < -0.39 is 56.9 Å².